The quantitative estimate of drug-likeness (QED) is 0.0199. The van der Waals surface area contributed by atoms with E-state index in [2.05, 4.69) is 26.0 Å². The molecule has 0 heterocycles. The molecule has 0 aromatic rings. The Hall–Kier alpha value is -0.760. The van der Waals surface area contributed by atoms with E-state index in [-0.39, 0.29) is 25.8 Å². The Morgan fingerprint density at radius 1 is 0.536 bits per heavy atom. The first-order valence-electron chi connectivity index (χ1n) is 23.9. The van der Waals surface area contributed by atoms with Crippen LogP contribution in [0.3, 0.4) is 0 Å². The normalized spacial score (nSPS) is 13.8. The van der Waals surface area contributed by atoms with Crippen LogP contribution in [0.5, 0.6) is 0 Å². The Kier molecular flexibility index (Phi) is 40.4. The van der Waals surface area contributed by atoms with Crippen LogP contribution in [0.1, 0.15) is 226 Å². The summed E-state index contributed by atoms with van der Waals surface area (Å²) >= 11 is 0. The largest absolute Gasteiger partial charge is 0.756 e. The lowest BCUT2D eigenvalue weighted by molar-refractivity contribution is -0.870. The molecule has 0 aromatic heterocycles. The van der Waals surface area contributed by atoms with Crippen LogP contribution in [0.25, 0.3) is 0 Å². The molecule has 0 rings (SSSR count). The van der Waals surface area contributed by atoms with Crippen molar-refractivity contribution in [3.8, 4) is 0 Å². The van der Waals surface area contributed by atoms with E-state index in [0.29, 0.717) is 24.1 Å². The zero-order valence-corrected chi connectivity index (χ0v) is 38.7. The summed E-state index contributed by atoms with van der Waals surface area (Å²) in [5.41, 5.74) is 0. The highest BCUT2D eigenvalue weighted by Crippen LogP contribution is 2.38. The van der Waals surface area contributed by atoms with Gasteiger partial charge in [0.05, 0.1) is 34.4 Å². The third-order valence-electron chi connectivity index (χ3n) is 10.6. The smallest absolute Gasteiger partial charge is 0.306 e. The van der Waals surface area contributed by atoms with Crippen molar-refractivity contribution in [1.82, 2.24) is 0 Å². The maximum Gasteiger partial charge on any atom is 0.306 e. The number of nitrogens with zero attached hydrogens (tertiary/aromatic N) is 1. The molecule has 0 aromatic carbocycles. The first-order chi connectivity index (χ1) is 27.1. The number of phosphoric ester groups is 1. The van der Waals surface area contributed by atoms with Crippen molar-refractivity contribution in [1.29, 1.82) is 0 Å². The second kappa shape index (κ2) is 41.0. The number of ether oxygens (including phenoxy) is 2. The first kappa shape index (κ1) is 55.2. The molecule has 2 unspecified atom stereocenters. The third kappa shape index (κ3) is 44.3. The van der Waals surface area contributed by atoms with E-state index >= 15 is 0 Å². The summed E-state index contributed by atoms with van der Waals surface area (Å²) in [6.07, 6.45) is 45.0. The number of hydrogen-bond donors (Lipinski definition) is 0. The van der Waals surface area contributed by atoms with Crippen LogP contribution < -0.4 is 4.89 Å². The average Bonchev–Trinajstić information content (AvgIpc) is 3.15. The van der Waals surface area contributed by atoms with Crippen molar-refractivity contribution in [2.45, 2.75) is 232 Å². The Balaban J connectivity index is 4.16. The van der Waals surface area contributed by atoms with Gasteiger partial charge in [-0.05, 0) is 38.5 Å². The predicted octanol–water partition coefficient (Wildman–Crippen LogP) is 13.6. The van der Waals surface area contributed by atoms with Gasteiger partial charge in [-0.15, -0.1) is 0 Å². The standard InChI is InChI=1S/C47H94NO7P/c1-6-8-10-12-14-16-18-20-22-24-25-27-29-31-33-35-37-39-42-52-44-46(45-54-56(50,51)53-43-41-48(3,4)5)55-47(49)40-38-36-34-32-30-28-26-23-21-19-17-15-13-11-9-7-2/h20,22,46H,6-19,21,23-45H2,1-5H3/b22-20-. The Labute approximate surface area is 348 Å². The lowest BCUT2D eigenvalue weighted by Gasteiger charge is -2.28. The molecule has 0 spiro atoms. The fraction of sp³-hybridized carbons (Fsp3) is 0.936. The molecular weight excluding hydrogens is 721 g/mol. The summed E-state index contributed by atoms with van der Waals surface area (Å²) in [7, 11) is 1.37. The number of phosphoric acid groups is 1. The van der Waals surface area contributed by atoms with Gasteiger partial charge >= 0.3 is 5.97 Å². The van der Waals surface area contributed by atoms with Gasteiger partial charge in [0.25, 0.3) is 7.82 Å². The molecule has 0 aliphatic heterocycles. The Morgan fingerprint density at radius 3 is 1.36 bits per heavy atom. The number of allylic oxidation sites excluding steroid dienone is 2. The number of carbonyl (C=O) groups excluding carboxylic acids is 1. The Bertz CT molecular complexity index is 909. The van der Waals surface area contributed by atoms with E-state index in [0.717, 1.165) is 32.1 Å². The average molecular weight is 816 g/mol. The Morgan fingerprint density at radius 2 is 0.929 bits per heavy atom. The van der Waals surface area contributed by atoms with Gasteiger partial charge < -0.3 is 27.9 Å². The minimum Gasteiger partial charge on any atom is -0.756 e. The number of hydrogen-bond acceptors (Lipinski definition) is 7. The topological polar surface area (TPSA) is 94.1 Å². The highest BCUT2D eigenvalue weighted by atomic mass is 31.2. The van der Waals surface area contributed by atoms with Crippen LogP contribution in [0.15, 0.2) is 12.2 Å². The van der Waals surface area contributed by atoms with E-state index in [1.165, 1.54) is 173 Å². The molecule has 2 atom stereocenters. The van der Waals surface area contributed by atoms with Crippen molar-refractivity contribution in [2.75, 3.05) is 54.1 Å². The van der Waals surface area contributed by atoms with Crippen LogP contribution in [-0.4, -0.2) is 70.7 Å². The minimum atomic E-state index is -4.52. The number of esters is 1. The van der Waals surface area contributed by atoms with Crippen molar-refractivity contribution < 1.29 is 37.3 Å². The number of carbonyl (C=O) groups is 1. The van der Waals surface area contributed by atoms with Crippen LogP contribution in [-0.2, 0) is 27.9 Å². The lowest BCUT2D eigenvalue weighted by atomic mass is 10.0. The zero-order chi connectivity index (χ0) is 41.3. The molecule has 0 saturated heterocycles. The second-order valence-electron chi connectivity index (χ2n) is 17.5. The molecule has 9 heteroatoms. The molecule has 56 heavy (non-hydrogen) atoms. The number of likely N-dealkylation sites (N-methyl/N-ethyl adjacent to an activating group) is 1. The summed E-state index contributed by atoms with van der Waals surface area (Å²) in [6.45, 7) is 5.45. The molecule has 0 aliphatic rings. The molecule has 334 valence electrons. The van der Waals surface area contributed by atoms with E-state index in [9.17, 15) is 14.3 Å². The van der Waals surface area contributed by atoms with E-state index < -0.39 is 13.9 Å². The van der Waals surface area contributed by atoms with E-state index in [1.54, 1.807) is 0 Å². The SMILES string of the molecule is CCCCCCCC/C=C\CCCCCCCCCCOCC(COP(=O)([O-])OCC[N+](C)(C)C)OC(=O)CCCCCCCCCCCCCCCCCC. The highest BCUT2D eigenvalue weighted by molar-refractivity contribution is 7.45. The van der Waals surface area contributed by atoms with Gasteiger partial charge in [0.2, 0.25) is 0 Å². The summed E-state index contributed by atoms with van der Waals surface area (Å²) in [5, 5.41) is 0. The minimum absolute atomic E-state index is 0.0290. The summed E-state index contributed by atoms with van der Waals surface area (Å²) in [5.74, 6) is -0.330. The molecule has 0 radical (unpaired) electrons. The van der Waals surface area contributed by atoms with Gasteiger partial charge in [-0.3, -0.25) is 9.36 Å². The fourth-order valence-electron chi connectivity index (χ4n) is 6.84. The van der Waals surface area contributed by atoms with Gasteiger partial charge in [-0.1, -0.05) is 193 Å². The van der Waals surface area contributed by atoms with Crippen LogP contribution in [0.2, 0.25) is 0 Å². The summed E-state index contributed by atoms with van der Waals surface area (Å²) in [4.78, 5) is 25.1. The molecule has 0 N–H and O–H groups in total. The van der Waals surface area contributed by atoms with Crippen molar-refractivity contribution in [3.63, 3.8) is 0 Å². The maximum atomic E-state index is 12.7. The van der Waals surface area contributed by atoms with E-state index in [1.807, 2.05) is 21.1 Å². The molecule has 8 nitrogen and oxygen atoms in total. The fourth-order valence-corrected chi connectivity index (χ4v) is 7.57. The van der Waals surface area contributed by atoms with Crippen LogP contribution in [0.4, 0.5) is 0 Å². The predicted molar refractivity (Wildman–Crippen MR) is 236 cm³/mol. The van der Waals surface area contributed by atoms with Crippen LogP contribution >= 0.6 is 7.82 Å². The van der Waals surface area contributed by atoms with Gasteiger partial charge in [0, 0.05) is 13.0 Å². The second-order valence-corrected chi connectivity index (χ2v) is 18.9. The number of rotatable bonds is 45. The first-order valence-corrected chi connectivity index (χ1v) is 25.4. The van der Waals surface area contributed by atoms with Gasteiger partial charge in [0.1, 0.15) is 19.3 Å². The molecule has 0 fully saturated rings. The van der Waals surface area contributed by atoms with Crippen molar-refractivity contribution in [2.24, 2.45) is 0 Å². The maximum absolute atomic E-state index is 12.7. The van der Waals surface area contributed by atoms with E-state index in [4.69, 9.17) is 18.5 Å². The van der Waals surface area contributed by atoms with Gasteiger partial charge in [-0.25, -0.2) is 0 Å². The zero-order valence-electron chi connectivity index (χ0n) is 37.9. The third-order valence-corrected chi connectivity index (χ3v) is 11.5. The summed E-state index contributed by atoms with van der Waals surface area (Å²) < 4.78 is 34.7. The van der Waals surface area contributed by atoms with Crippen molar-refractivity contribution >= 4 is 13.8 Å². The molecule has 0 saturated carbocycles. The number of unbranched alkanes of at least 4 members (excludes halogenated alkanes) is 29. The molecule has 0 bridgehead atoms. The highest BCUT2D eigenvalue weighted by Gasteiger charge is 2.20. The number of quaternary nitrogens is 1. The monoisotopic (exact) mass is 816 g/mol. The molecule has 0 amide bonds. The molecule has 0 aliphatic carbocycles. The van der Waals surface area contributed by atoms with Gasteiger partial charge in [0.15, 0.2) is 0 Å². The van der Waals surface area contributed by atoms with Crippen molar-refractivity contribution in [3.05, 3.63) is 12.2 Å². The molecular formula is C47H94NO7P. The van der Waals surface area contributed by atoms with Crippen LogP contribution in [0, 0.1) is 0 Å². The lowest BCUT2D eigenvalue weighted by Crippen LogP contribution is -2.37. The summed E-state index contributed by atoms with van der Waals surface area (Å²) in [6, 6.07) is 0. The van der Waals surface area contributed by atoms with Gasteiger partial charge in [-0.2, -0.15) is 0 Å².